The Labute approximate surface area is 159 Å². The van der Waals surface area contributed by atoms with Crippen LogP contribution in [0.15, 0.2) is 66.6 Å². The van der Waals surface area contributed by atoms with Gasteiger partial charge in [0, 0.05) is 37.0 Å². The molecule has 1 fully saturated rings. The van der Waals surface area contributed by atoms with E-state index in [2.05, 4.69) is 11.1 Å². The molecule has 1 unspecified atom stereocenters. The van der Waals surface area contributed by atoms with E-state index in [9.17, 15) is 4.79 Å². The minimum Gasteiger partial charge on any atom is -0.481 e. The van der Waals surface area contributed by atoms with Crippen LogP contribution in [-0.4, -0.2) is 41.0 Å². The molecule has 3 heterocycles. The molecule has 0 bridgehead atoms. The van der Waals surface area contributed by atoms with Gasteiger partial charge in [-0.25, -0.2) is 9.78 Å². The molecule has 0 spiro atoms. The Morgan fingerprint density at radius 2 is 2.33 bits per heavy atom. The molecular weight excluding hydrogens is 342 g/mol. The van der Waals surface area contributed by atoms with Gasteiger partial charge in [0.2, 0.25) is 5.88 Å². The number of likely N-dealkylation sites (tertiary alicyclic amines) is 1. The third-order valence-electron chi connectivity index (χ3n) is 5.12. The number of pyridine rings is 1. The van der Waals surface area contributed by atoms with E-state index in [1.54, 1.807) is 36.9 Å². The van der Waals surface area contributed by atoms with Gasteiger partial charge in [0.1, 0.15) is 12.0 Å². The van der Waals surface area contributed by atoms with Crippen molar-refractivity contribution in [1.82, 2.24) is 14.8 Å². The predicted octanol–water partition coefficient (Wildman–Crippen LogP) is 3.92. The first-order chi connectivity index (χ1) is 13.3. The second kappa shape index (κ2) is 7.70. The summed E-state index contributed by atoms with van der Waals surface area (Å²) in [5.41, 5.74) is 2.17. The van der Waals surface area contributed by atoms with Gasteiger partial charge in [-0.15, -0.1) is 0 Å². The van der Waals surface area contributed by atoms with Gasteiger partial charge in [-0.05, 0) is 30.9 Å². The van der Waals surface area contributed by atoms with Gasteiger partial charge in [-0.2, -0.15) is 0 Å². The Morgan fingerprint density at radius 3 is 3.15 bits per heavy atom. The number of urea groups is 1. The summed E-state index contributed by atoms with van der Waals surface area (Å²) in [7, 11) is 1.63. The summed E-state index contributed by atoms with van der Waals surface area (Å²) in [5, 5.41) is 0. The topological polar surface area (TPSA) is 54.9 Å². The molecule has 0 aromatic carbocycles. The van der Waals surface area contributed by atoms with Crippen molar-refractivity contribution in [3.05, 3.63) is 72.1 Å². The number of allylic oxidation sites excluding steroid dienone is 4. The zero-order valence-electron chi connectivity index (χ0n) is 15.4. The summed E-state index contributed by atoms with van der Waals surface area (Å²) in [6.07, 6.45) is 15.8. The first-order valence-electron chi connectivity index (χ1n) is 9.23. The van der Waals surface area contributed by atoms with Crippen molar-refractivity contribution in [2.24, 2.45) is 0 Å². The zero-order chi connectivity index (χ0) is 18.6. The summed E-state index contributed by atoms with van der Waals surface area (Å²) in [6.45, 7) is 1.36. The van der Waals surface area contributed by atoms with E-state index in [1.807, 2.05) is 29.2 Å². The number of nitrogens with zero attached hydrogens (tertiary/aromatic N) is 3. The molecule has 1 aromatic rings. The highest BCUT2D eigenvalue weighted by Crippen LogP contribution is 2.33. The molecule has 6 nitrogen and oxygen atoms in total. The molecule has 0 N–H and O–H groups in total. The summed E-state index contributed by atoms with van der Waals surface area (Å²) >= 11 is 0. The fourth-order valence-electron chi connectivity index (χ4n) is 3.69. The fourth-order valence-corrected chi connectivity index (χ4v) is 3.69. The maximum atomic E-state index is 13.0. The molecule has 3 aliphatic rings. The average molecular weight is 365 g/mol. The number of amides is 2. The number of rotatable bonds is 3. The molecule has 27 heavy (non-hydrogen) atoms. The highest BCUT2D eigenvalue weighted by molar-refractivity contribution is 5.77. The van der Waals surface area contributed by atoms with Crippen LogP contribution in [0.2, 0.25) is 0 Å². The zero-order valence-corrected chi connectivity index (χ0v) is 15.4. The summed E-state index contributed by atoms with van der Waals surface area (Å²) < 4.78 is 11.0. The van der Waals surface area contributed by atoms with Crippen LogP contribution in [0.25, 0.3) is 0 Å². The highest BCUT2D eigenvalue weighted by Gasteiger charge is 2.31. The lowest BCUT2D eigenvalue weighted by molar-refractivity contribution is 0.185. The number of aromatic nitrogens is 1. The monoisotopic (exact) mass is 365 g/mol. The maximum Gasteiger partial charge on any atom is 0.328 e. The lowest BCUT2D eigenvalue weighted by Crippen LogP contribution is -2.37. The number of carbonyl (C=O) groups is 1. The summed E-state index contributed by atoms with van der Waals surface area (Å²) in [6, 6.07) is 3.90. The van der Waals surface area contributed by atoms with E-state index in [4.69, 9.17) is 9.47 Å². The predicted molar refractivity (Wildman–Crippen MR) is 102 cm³/mol. The molecule has 0 saturated carbocycles. The van der Waals surface area contributed by atoms with Gasteiger partial charge >= 0.3 is 6.03 Å². The molecule has 1 aromatic heterocycles. The lowest BCUT2D eigenvalue weighted by atomic mass is 10.00. The molecular formula is C21H23N3O3. The average Bonchev–Trinajstić information content (AvgIpc) is 3.24. The standard InChI is InChI=1S/C21H23N3O3/c1-26-20-18(8-5-10-22-20)17-9-11-23(14-17)21(25)24-12-13-27-19(15-24)16-6-3-2-4-7-16/h2-3,5-6,8,10,12-13,15,17H,4,7,9,11,14H2,1H3. The van der Waals surface area contributed by atoms with E-state index in [-0.39, 0.29) is 11.9 Å². The van der Waals surface area contributed by atoms with E-state index in [1.165, 1.54) is 0 Å². The third-order valence-corrected chi connectivity index (χ3v) is 5.12. The van der Waals surface area contributed by atoms with Crippen LogP contribution in [0.3, 0.4) is 0 Å². The molecule has 140 valence electrons. The number of carbonyl (C=O) groups excluding carboxylic acids is 1. The number of hydrogen-bond acceptors (Lipinski definition) is 4. The minimum atomic E-state index is -0.0376. The van der Waals surface area contributed by atoms with Crippen LogP contribution in [-0.2, 0) is 4.74 Å². The molecule has 2 amide bonds. The largest absolute Gasteiger partial charge is 0.481 e. The van der Waals surface area contributed by atoms with E-state index in [0.717, 1.165) is 36.2 Å². The van der Waals surface area contributed by atoms with Crippen molar-refractivity contribution < 1.29 is 14.3 Å². The molecule has 1 aliphatic carbocycles. The second-order valence-corrected chi connectivity index (χ2v) is 6.78. The van der Waals surface area contributed by atoms with Gasteiger partial charge in [0.25, 0.3) is 0 Å². The molecule has 0 radical (unpaired) electrons. The first kappa shape index (κ1) is 17.4. The lowest BCUT2D eigenvalue weighted by Gasteiger charge is -2.26. The van der Waals surface area contributed by atoms with Crippen LogP contribution in [0.1, 0.15) is 30.7 Å². The van der Waals surface area contributed by atoms with Crippen molar-refractivity contribution >= 4 is 6.03 Å². The number of ether oxygens (including phenoxy) is 2. The van der Waals surface area contributed by atoms with Crippen LogP contribution in [0, 0.1) is 0 Å². The van der Waals surface area contributed by atoms with Crippen LogP contribution < -0.4 is 4.74 Å². The Morgan fingerprint density at radius 1 is 1.41 bits per heavy atom. The van der Waals surface area contributed by atoms with Gasteiger partial charge in [-0.3, -0.25) is 4.90 Å². The molecule has 6 heteroatoms. The highest BCUT2D eigenvalue weighted by atomic mass is 16.5. The van der Waals surface area contributed by atoms with Gasteiger partial charge in [0.05, 0.1) is 13.3 Å². The normalized spacial score (nSPS) is 21.6. The molecule has 2 aliphatic heterocycles. The summed E-state index contributed by atoms with van der Waals surface area (Å²) in [5.74, 6) is 1.61. The Balaban J connectivity index is 1.46. The molecule has 1 atom stereocenters. The van der Waals surface area contributed by atoms with E-state index < -0.39 is 0 Å². The minimum absolute atomic E-state index is 0.0376. The van der Waals surface area contributed by atoms with Gasteiger partial charge < -0.3 is 14.4 Å². The molecule has 4 rings (SSSR count). The second-order valence-electron chi connectivity index (χ2n) is 6.78. The Bertz CT molecular complexity index is 841. The third kappa shape index (κ3) is 3.60. The number of hydrogen-bond donors (Lipinski definition) is 0. The quantitative estimate of drug-likeness (QED) is 0.815. The van der Waals surface area contributed by atoms with Crippen LogP contribution in [0.5, 0.6) is 5.88 Å². The number of methoxy groups -OCH3 is 1. The van der Waals surface area contributed by atoms with Crippen LogP contribution in [0.4, 0.5) is 4.79 Å². The maximum absolute atomic E-state index is 13.0. The van der Waals surface area contributed by atoms with Crippen molar-refractivity contribution in [3.8, 4) is 5.88 Å². The van der Waals surface area contributed by atoms with Gasteiger partial charge in [0.15, 0.2) is 0 Å². The van der Waals surface area contributed by atoms with Crippen molar-refractivity contribution in [3.63, 3.8) is 0 Å². The van der Waals surface area contributed by atoms with Crippen molar-refractivity contribution in [2.45, 2.75) is 25.2 Å². The summed E-state index contributed by atoms with van der Waals surface area (Å²) in [4.78, 5) is 20.7. The van der Waals surface area contributed by atoms with E-state index >= 15 is 0 Å². The molecule has 1 saturated heterocycles. The Kier molecular flexibility index (Phi) is 4.96. The smallest absolute Gasteiger partial charge is 0.328 e. The van der Waals surface area contributed by atoms with Crippen molar-refractivity contribution in [1.29, 1.82) is 0 Å². The van der Waals surface area contributed by atoms with Crippen molar-refractivity contribution in [2.75, 3.05) is 20.2 Å². The van der Waals surface area contributed by atoms with Gasteiger partial charge in [-0.1, -0.05) is 24.3 Å². The fraction of sp³-hybridized carbons (Fsp3) is 0.333. The first-order valence-corrected chi connectivity index (χ1v) is 9.23. The Hall–Kier alpha value is -3.02. The van der Waals surface area contributed by atoms with Crippen LogP contribution >= 0.6 is 0 Å². The van der Waals surface area contributed by atoms with E-state index in [0.29, 0.717) is 19.0 Å². The SMILES string of the molecule is COc1ncccc1C1CCN(C(=O)N2C=COC(C3=CC=CCC3)=C2)C1.